The first-order valence-corrected chi connectivity index (χ1v) is 12.0. The lowest BCUT2D eigenvalue weighted by Crippen LogP contribution is -2.34. The number of rotatable bonds is 7. The summed E-state index contributed by atoms with van der Waals surface area (Å²) in [6.45, 7) is 11.2. The maximum Gasteiger partial charge on any atom is 0.281 e. The van der Waals surface area contributed by atoms with Crippen LogP contribution in [0.3, 0.4) is 0 Å². The largest absolute Gasteiger partial charge is 0.492 e. The Hall–Kier alpha value is -1.93. The minimum atomic E-state index is 0.550. The van der Waals surface area contributed by atoms with Crippen LogP contribution in [0.1, 0.15) is 13.8 Å². The molecule has 0 saturated carbocycles. The van der Waals surface area contributed by atoms with Crippen molar-refractivity contribution in [3.05, 3.63) is 41.6 Å². The van der Waals surface area contributed by atoms with Gasteiger partial charge in [0.05, 0.1) is 9.72 Å². The molecule has 4 heterocycles. The van der Waals surface area contributed by atoms with Gasteiger partial charge < -0.3 is 14.4 Å². The Bertz CT molecular complexity index is 1030. The summed E-state index contributed by atoms with van der Waals surface area (Å²) >= 11 is 7.41. The van der Waals surface area contributed by atoms with E-state index in [1.54, 1.807) is 6.20 Å². The Morgan fingerprint density at radius 2 is 1.81 bits per heavy atom. The molecule has 8 heteroatoms. The highest BCUT2D eigenvalue weighted by atomic mass is 35.5. The van der Waals surface area contributed by atoms with Crippen molar-refractivity contribution in [3.8, 4) is 16.7 Å². The summed E-state index contributed by atoms with van der Waals surface area (Å²) in [6, 6.07) is 10.2. The van der Waals surface area contributed by atoms with Gasteiger partial charge in [0.25, 0.3) is 5.19 Å². The van der Waals surface area contributed by atoms with Crippen LogP contribution in [0.2, 0.25) is 5.02 Å². The molecule has 0 aliphatic carbocycles. The Morgan fingerprint density at radius 3 is 2.52 bits per heavy atom. The minimum absolute atomic E-state index is 0.550. The van der Waals surface area contributed by atoms with Crippen molar-refractivity contribution in [3.63, 3.8) is 0 Å². The Labute approximate surface area is 191 Å². The van der Waals surface area contributed by atoms with E-state index >= 15 is 0 Å². The molecule has 3 aromatic rings. The van der Waals surface area contributed by atoms with Gasteiger partial charge in [0.2, 0.25) is 0 Å². The van der Waals surface area contributed by atoms with E-state index in [0.717, 1.165) is 34.6 Å². The number of hydrogen-bond acceptors (Lipinski definition) is 7. The topological polar surface area (TPSA) is 50.7 Å². The maximum absolute atomic E-state index is 5.99. The lowest BCUT2D eigenvalue weighted by Gasteiger charge is -2.24. The number of halogens is 1. The summed E-state index contributed by atoms with van der Waals surface area (Å²) in [5, 5.41) is 1.15. The van der Waals surface area contributed by atoms with Crippen LogP contribution in [0, 0.1) is 11.8 Å². The van der Waals surface area contributed by atoms with Crippen molar-refractivity contribution in [2.24, 2.45) is 11.8 Å². The van der Waals surface area contributed by atoms with Gasteiger partial charge in [0.1, 0.15) is 18.1 Å². The van der Waals surface area contributed by atoms with Crippen molar-refractivity contribution >= 4 is 33.3 Å². The Balaban J connectivity index is 1.09. The SMILES string of the molecule is CC(C)N1CC2CN(CCOc3ccc(Oc4nc5ncc(Cl)cc5s4)cc3)C[C@H]2C1. The van der Waals surface area contributed by atoms with Crippen LogP contribution in [0.25, 0.3) is 10.3 Å². The number of thiazole rings is 1. The van der Waals surface area contributed by atoms with E-state index in [1.807, 2.05) is 30.3 Å². The molecule has 6 nitrogen and oxygen atoms in total. The lowest BCUT2D eigenvalue weighted by molar-refractivity contribution is 0.198. The van der Waals surface area contributed by atoms with Crippen molar-refractivity contribution in [1.29, 1.82) is 0 Å². The molecule has 0 radical (unpaired) electrons. The summed E-state index contributed by atoms with van der Waals surface area (Å²) in [4.78, 5) is 13.8. The normalized spacial score (nSPS) is 21.8. The molecule has 31 heavy (non-hydrogen) atoms. The van der Waals surface area contributed by atoms with Crippen LogP contribution in [0.4, 0.5) is 0 Å². The third-order valence-corrected chi connectivity index (χ3v) is 7.30. The van der Waals surface area contributed by atoms with E-state index in [2.05, 4.69) is 33.6 Å². The van der Waals surface area contributed by atoms with E-state index in [-0.39, 0.29) is 0 Å². The van der Waals surface area contributed by atoms with Crippen LogP contribution >= 0.6 is 22.9 Å². The van der Waals surface area contributed by atoms with Crippen LogP contribution < -0.4 is 9.47 Å². The van der Waals surface area contributed by atoms with Gasteiger partial charge in [0, 0.05) is 45.0 Å². The molecule has 2 saturated heterocycles. The molecule has 0 bridgehead atoms. The molecule has 5 rings (SSSR count). The number of nitrogens with zero attached hydrogens (tertiary/aromatic N) is 4. The van der Waals surface area contributed by atoms with E-state index in [0.29, 0.717) is 28.5 Å². The fourth-order valence-corrected chi connectivity index (χ4v) is 5.60. The number of pyridine rings is 1. The molecule has 2 aromatic heterocycles. The highest BCUT2D eigenvalue weighted by molar-refractivity contribution is 7.20. The minimum Gasteiger partial charge on any atom is -0.492 e. The molecular weight excluding hydrogens is 432 g/mol. The molecule has 2 fully saturated rings. The molecule has 1 aromatic carbocycles. The molecule has 2 atom stereocenters. The fourth-order valence-electron chi connectivity index (χ4n) is 4.55. The fraction of sp³-hybridized carbons (Fsp3) is 0.478. The number of likely N-dealkylation sites (tertiary alicyclic amines) is 2. The van der Waals surface area contributed by atoms with Crippen LogP contribution in [-0.4, -0.2) is 65.1 Å². The van der Waals surface area contributed by atoms with Gasteiger partial charge in [-0.25, -0.2) is 4.98 Å². The monoisotopic (exact) mass is 458 g/mol. The second kappa shape index (κ2) is 8.90. The van der Waals surface area contributed by atoms with Gasteiger partial charge in [-0.1, -0.05) is 22.9 Å². The smallest absolute Gasteiger partial charge is 0.281 e. The number of ether oxygens (including phenoxy) is 2. The first kappa shape index (κ1) is 20.9. The van der Waals surface area contributed by atoms with E-state index in [1.165, 1.54) is 37.5 Å². The molecular formula is C23H27ClN4O2S. The second-order valence-corrected chi connectivity index (χ2v) is 10.1. The summed E-state index contributed by atoms with van der Waals surface area (Å²) in [7, 11) is 0. The molecule has 2 aliphatic rings. The van der Waals surface area contributed by atoms with Gasteiger partial charge in [-0.3, -0.25) is 4.90 Å². The first-order chi connectivity index (χ1) is 15.0. The Morgan fingerprint density at radius 1 is 1.10 bits per heavy atom. The van der Waals surface area contributed by atoms with Crippen LogP contribution in [0.15, 0.2) is 36.5 Å². The lowest BCUT2D eigenvalue weighted by atomic mass is 10.0. The number of benzene rings is 1. The zero-order chi connectivity index (χ0) is 21.4. The first-order valence-electron chi connectivity index (χ1n) is 10.8. The predicted octanol–water partition coefficient (Wildman–Crippen LogP) is 4.79. The highest BCUT2D eigenvalue weighted by Crippen LogP contribution is 2.33. The van der Waals surface area contributed by atoms with Crippen LogP contribution in [-0.2, 0) is 0 Å². The zero-order valence-corrected chi connectivity index (χ0v) is 19.4. The maximum atomic E-state index is 5.99. The van der Waals surface area contributed by atoms with E-state index in [4.69, 9.17) is 21.1 Å². The molecule has 164 valence electrons. The standard InChI is InChI=1S/C23H27ClN4O2S/c1-15(2)28-13-16-11-27(12-17(16)14-28)7-8-29-19-3-5-20(6-4-19)30-23-26-22-21(31-23)9-18(24)10-25-22/h3-6,9-10,15-17H,7-8,11-14H2,1-2H3/t16-,17?/m0/s1. The van der Waals surface area contributed by atoms with Crippen molar-refractivity contribution < 1.29 is 9.47 Å². The van der Waals surface area contributed by atoms with Crippen molar-refractivity contribution in [2.75, 3.05) is 39.3 Å². The molecule has 0 spiro atoms. The number of hydrogen-bond donors (Lipinski definition) is 0. The number of fused-ring (bicyclic) bond motifs is 2. The summed E-state index contributed by atoms with van der Waals surface area (Å²) in [5.74, 6) is 3.23. The predicted molar refractivity (Wildman–Crippen MR) is 125 cm³/mol. The summed E-state index contributed by atoms with van der Waals surface area (Å²) in [5.41, 5.74) is 0.646. The van der Waals surface area contributed by atoms with Crippen molar-refractivity contribution in [2.45, 2.75) is 19.9 Å². The summed E-state index contributed by atoms with van der Waals surface area (Å²) in [6.07, 6.45) is 1.59. The van der Waals surface area contributed by atoms with Gasteiger partial charge in [0.15, 0.2) is 5.65 Å². The quantitative estimate of drug-likeness (QED) is 0.507. The molecule has 2 aliphatic heterocycles. The third kappa shape index (κ3) is 4.80. The molecule has 1 unspecified atom stereocenters. The molecule has 0 amide bonds. The van der Waals surface area contributed by atoms with Gasteiger partial charge >= 0.3 is 0 Å². The average molecular weight is 459 g/mol. The summed E-state index contributed by atoms with van der Waals surface area (Å²) < 4.78 is 12.7. The van der Waals surface area contributed by atoms with Crippen molar-refractivity contribution in [1.82, 2.24) is 19.8 Å². The van der Waals surface area contributed by atoms with Crippen LogP contribution in [0.5, 0.6) is 16.7 Å². The van der Waals surface area contributed by atoms with Gasteiger partial charge in [-0.2, -0.15) is 4.98 Å². The average Bonchev–Trinajstić information content (AvgIpc) is 3.41. The zero-order valence-electron chi connectivity index (χ0n) is 17.8. The Kier molecular flexibility index (Phi) is 6.01. The van der Waals surface area contributed by atoms with Gasteiger partial charge in [-0.05, 0) is 56.0 Å². The number of aromatic nitrogens is 2. The highest BCUT2D eigenvalue weighted by Gasteiger charge is 2.40. The third-order valence-electron chi connectivity index (χ3n) is 6.22. The molecule has 0 N–H and O–H groups in total. The second-order valence-electron chi connectivity index (χ2n) is 8.70. The van der Waals surface area contributed by atoms with E-state index in [9.17, 15) is 0 Å². The van der Waals surface area contributed by atoms with Gasteiger partial charge in [-0.15, -0.1) is 0 Å². The van der Waals surface area contributed by atoms with E-state index < -0.39 is 0 Å².